The summed E-state index contributed by atoms with van der Waals surface area (Å²) in [5.41, 5.74) is 6.06. The van der Waals surface area contributed by atoms with Crippen LogP contribution in [0.4, 0.5) is 0 Å². The lowest BCUT2D eigenvalue weighted by atomic mass is 10.0. The topological polar surface area (TPSA) is 50.7 Å². The number of nitrogens with one attached hydrogen (secondary N) is 1. The Labute approximate surface area is 123 Å². The Morgan fingerprint density at radius 3 is 2.43 bits per heavy atom. The minimum absolute atomic E-state index is 0.0727. The quantitative estimate of drug-likeness (QED) is 0.783. The lowest BCUT2D eigenvalue weighted by molar-refractivity contribution is 0.849. The van der Waals surface area contributed by atoms with E-state index in [4.69, 9.17) is 0 Å². The average molecular weight is 279 g/mol. The van der Waals surface area contributed by atoms with Gasteiger partial charge in [-0.1, -0.05) is 0 Å². The summed E-state index contributed by atoms with van der Waals surface area (Å²) in [7, 11) is 0. The molecule has 21 heavy (non-hydrogen) atoms. The van der Waals surface area contributed by atoms with Crippen molar-refractivity contribution in [3.05, 3.63) is 69.8 Å². The monoisotopic (exact) mass is 279 g/mol. The molecule has 0 bridgehead atoms. The second-order valence-corrected chi connectivity index (χ2v) is 5.29. The first-order chi connectivity index (χ1) is 10.1. The molecule has 0 aliphatic rings. The van der Waals surface area contributed by atoms with E-state index in [1.54, 1.807) is 23.1 Å². The van der Waals surface area contributed by atoms with Crippen LogP contribution in [0.2, 0.25) is 0 Å². The van der Waals surface area contributed by atoms with Crippen LogP contribution in [-0.4, -0.2) is 14.8 Å². The van der Waals surface area contributed by atoms with Gasteiger partial charge in [0.05, 0.1) is 11.4 Å². The van der Waals surface area contributed by atoms with Gasteiger partial charge >= 0.3 is 0 Å². The van der Waals surface area contributed by atoms with E-state index >= 15 is 0 Å². The number of hydrogen-bond acceptors (Lipinski definition) is 2. The van der Waals surface area contributed by atoms with Crippen LogP contribution >= 0.6 is 0 Å². The zero-order valence-corrected chi connectivity index (χ0v) is 12.3. The Kier molecular flexibility index (Phi) is 3.22. The summed E-state index contributed by atoms with van der Waals surface area (Å²) in [6.07, 6.45) is 3.45. The maximum absolute atomic E-state index is 12.2. The molecule has 0 spiro atoms. The molecule has 106 valence electrons. The zero-order valence-electron chi connectivity index (χ0n) is 12.3. The molecule has 0 aliphatic carbocycles. The van der Waals surface area contributed by atoms with Gasteiger partial charge in [-0.3, -0.25) is 14.9 Å². The molecule has 3 rings (SSSR count). The molecular weight excluding hydrogens is 262 g/mol. The summed E-state index contributed by atoms with van der Waals surface area (Å²) < 4.78 is 1.57. The lowest BCUT2D eigenvalue weighted by Crippen LogP contribution is -2.14. The third-order valence-corrected chi connectivity index (χ3v) is 3.86. The maximum atomic E-state index is 12.2. The number of aromatic nitrogens is 3. The molecule has 2 heterocycles. The Balaban J connectivity index is 2.13. The van der Waals surface area contributed by atoms with Gasteiger partial charge in [0.2, 0.25) is 0 Å². The van der Waals surface area contributed by atoms with Crippen molar-refractivity contribution in [3.8, 4) is 16.9 Å². The Morgan fingerprint density at radius 1 is 1.10 bits per heavy atom. The minimum atomic E-state index is -0.0727. The van der Waals surface area contributed by atoms with E-state index < -0.39 is 0 Å². The molecule has 0 unspecified atom stereocenters. The van der Waals surface area contributed by atoms with Crippen LogP contribution < -0.4 is 5.56 Å². The number of hydrogen-bond donors (Lipinski definition) is 1. The molecule has 0 atom stereocenters. The molecule has 4 heteroatoms. The fraction of sp³-hybridized carbons (Fsp3) is 0.176. The number of H-pyrrole nitrogens is 1. The summed E-state index contributed by atoms with van der Waals surface area (Å²) in [6, 6.07) is 9.42. The summed E-state index contributed by atoms with van der Waals surface area (Å²) in [6.45, 7) is 6.21. The highest BCUT2D eigenvalue weighted by Gasteiger charge is 2.09. The van der Waals surface area contributed by atoms with Gasteiger partial charge in [-0.05, 0) is 61.7 Å². The highest BCUT2D eigenvalue weighted by atomic mass is 16.1. The van der Waals surface area contributed by atoms with Crippen LogP contribution in [0.1, 0.15) is 16.7 Å². The molecule has 0 radical (unpaired) electrons. The summed E-state index contributed by atoms with van der Waals surface area (Å²) in [5, 5.41) is 3.15. The van der Waals surface area contributed by atoms with Gasteiger partial charge in [-0.2, -0.15) is 0 Å². The van der Waals surface area contributed by atoms with Crippen LogP contribution in [0.25, 0.3) is 16.9 Å². The predicted molar refractivity (Wildman–Crippen MR) is 83.8 cm³/mol. The molecule has 0 fully saturated rings. The summed E-state index contributed by atoms with van der Waals surface area (Å²) in [5.74, 6) is 0. The molecule has 3 aromatic rings. The third kappa shape index (κ3) is 2.40. The first kappa shape index (κ1) is 13.4. The molecule has 2 aromatic heterocycles. The number of rotatable bonds is 2. The SMILES string of the molecule is Cc1cc(-n2[nH]c(-c3cccnc3)cc2=O)cc(C)c1C. The van der Waals surface area contributed by atoms with Crippen LogP contribution in [0.5, 0.6) is 0 Å². The van der Waals surface area contributed by atoms with Crippen molar-refractivity contribution in [3.63, 3.8) is 0 Å². The van der Waals surface area contributed by atoms with Crippen LogP contribution in [-0.2, 0) is 0 Å². The Hall–Kier alpha value is -2.62. The third-order valence-electron chi connectivity index (χ3n) is 3.86. The molecule has 1 N–H and O–H groups in total. The molecule has 0 amide bonds. The highest BCUT2D eigenvalue weighted by Crippen LogP contribution is 2.19. The van der Waals surface area contributed by atoms with Gasteiger partial charge in [0.15, 0.2) is 0 Å². The summed E-state index contributed by atoms with van der Waals surface area (Å²) >= 11 is 0. The van der Waals surface area contributed by atoms with Crippen molar-refractivity contribution in [2.75, 3.05) is 0 Å². The van der Waals surface area contributed by atoms with Gasteiger partial charge in [0, 0.05) is 24.0 Å². The van der Waals surface area contributed by atoms with E-state index in [9.17, 15) is 4.79 Å². The Bertz CT molecular complexity index is 821. The van der Waals surface area contributed by atoms with E-state index in [1.807, 2.05) is 24.3 Å². The zero-order chi connectivity index (χ0) is 15.0. The average Bonchev–Trinajstić information content (AvgIpc) is 2.87. The summed E-state index contributed by atoms with van der Waals surface area (Å²) in [4.78, 5) is 16.3. The van der Waals surface area contributed by atoms with Crippen LogP contribution in [0, 0.1) is 20.8 Å². The van der Waals surface area contributed by atoms with Crippen LogP contribution in [0.15, 0.2) is 47.5 Å². The standard InChI is InChI=1S/C17H17N3O/c1-11-7-15(8-12(2)13(11)3)20-17(21)9-16(19-20)14-5-4-6-18-10-14/h4-10,19H,1-3H3. The number of benzene rings is 1. The van der Waals surface area contributed by atoms with Crippen molar-refractivity contribution in [2.24, 2.45) is 0 Å². The van der Waals surface area contributed by atoms with Gasteiger partial charge in [-0.25, -0.2) is 4.68 Å². The van der Waals surface area contributed by atoms with E-state index in [0.29, 0.717) is 0 Å². The van der Waals surface area contributed by atoms with E-state index in [1.165, 1.54) is 16.7 Å². The fourth-order valence-electron chi connectivity index (χ4n) is 2.40. The minimum Gasteiger partial charge on any atom is -0.290 e. The van der Waals surface area contributed by atoms with Crippen molar-refractivity contribution in [2.45, 2.75) is 20.8 Å². The molecular formula is C17H17N3O. The smallest absolute Gasteiger partial charge is 0.271 e. The largest absolute Gasteiger partial charge is 0.290 e. The molecule has 0 saturated heterocycles. The predicted octanol–water partition coefficient (Wildman–Crippen LogP) is 3.15. The fourth-order valence-corrected chi connectivity index (χ4v) is 2.40. The highest BCUT2D eigenvalue weighted by molar-refractivity contribution is 5.57. The van der Waals surface area contributed by atoms with Crippen molar-refractivity contribution in [1.29, 1.82) is 0 Å². The van der Waals surface area contributed by atoms with Gasteiger partial charge < -0.3 is 0 Å². The number of pyridine rings is 1. The van der Waals surface area contributed by atoms with E-state index in [-0.39, 0.29) is 5.56 Å². The molecule has 4 nitrogen and oxygen atoms in total. The molecule has 1 aromatic carbocycles. The van der Waals surface area contributed by atoms with Gasteiger partial charge in [0.1, 0.15) is 0 Å². The van der Waals surface area contributed by atoms with Gasteiger partial charge in [-0.15, -0.1) is 0 Å². The van der Waals surface area contributed by atoms with Crippen molar-refractivity contribution in [1.82, 2.24) is 14.8 Å². The van der Waals surface area contributed by atoms with Crippen LogP contribution in [0.3, 0.4) is 0 Å². The van der Waals surface area contributed by atoms with E-state index in [0.717, 1.165) is 16.9 Å². The lowest BCUT2D eigenvalue weighted by Gasteiger charge is -2.09. The van der Waals surface area contributed by atoms with Gasteiger partial charge in [0.25, 0.3) is 5.56 Å². The molecule has 0 aliphatic heterocycles. The maximum Gasteiger partial charge on any atom is 0.271 e. The number of aryl methyl sites for hydroxylation is 2. The molecule has 0 saturated carbocycles. The van der Waals surface area contributed by atoms with E-state index in [2.05, 4.69) is 30.9 Å². The first-order valence-corrected chi connectivity index (χ1v) is 6.87. The Morgan fingerprint density at radius 2 is 1.81 bits per heavy atom. The van der Waals surface area contributed by atoms with Crippen molar-refractivity contribution >= 4 is 0 Å². The number of aromatic amines is 1. The second-order valence-electron chi connectivity index (χ2n) is 5.29. The van der Waals surface area contributed by atoms with Crippen molar-refractivity contribution < 1.29 is 0 Å². The first-order valence-electron chi connectivity index (χ1n) is 6.87. The number of nitrogens with zero attached hydrogens (tertiary/aromatic N) is 2. The normalized spacial score (nSPS) is 10.8. The second kappa shape index (κ2) is 5.05.